The Balaban J connectivity index is 3.99. The van der Waals surface area contributed by atoms with Gasteiger partial charge in [-0.15, -0.1) is 0 Å². The summed E-state index contributed by atoms with van der Waals surface area (Å²) in [6.07, 6.45) is 31.4. The molecule has 0 unspecified atom stereocenters. The Morgan fingerprint density at radius 1 is 0.345 bits per heavy atom. The monoisotopic (exact) mass is 410 g/mol. The summed E-state index contributed by atoms with van der Waals surface area (Å²) in [5, 5.41) is 11.3. The fourth-order valence-electron chi connectivity index (χ4n) is 4.61. The lowest BCUT2D eigenvalue weighted by molar-refractivity contribution is 0.00704. The Morgan fingerprint density at radius 3 is 0.793 bits per heavy atom. The van der Waals surface area contributed by atoms with E-state index in [1.807, 2.05) is 0 Å². The zero-order valence-corrected chi connectivity index (χ0v) is 20.9. The van der Waals surface area contributed by atoms with Crippen LogP contribution in [0, 0.1) is 0 Å². The lowest BCUT2D eigenvalue weighted by Crippen LogP contribution is -2.28. The van der Waals surface area contributed by atoms with Crippen LogP contribution in [0.5, 0.6) is 0 Å². The van der Waals surface area contributed by atoms with E-state index in [-0.39, 0.29) is 5.60 Å². The minimum Gasteiger partial charge on any atom is -0.390 e. The van der Waals surface area contributed by atoms with Crippen LogP contribution in [-0.4, -0.2) is 10.7 Å². The molecule has 0 bridgehead atoms. The van der Waals surface area contributed by atoms with E-state index in [4.69, 9.17) is 0 Å². The third-order valence-corrected chi connectivity index (χ3v) is 6.74. The van der Waals surface area contributed by atoms with Crippen molar-refractivity contribution in [3.63, 3.8) is 0 Å². The Labute approximate surface area is 185 Å². The highest BCUT2D eigenvalue weighted by Gasteiger charge is 2.25. The molecule has 176 valence electrons. The van der Waals surface area contributed by atoms with Gasteiger partial charge in [-0.25, -0.2) is 0 Å². The summed E-state index contributed by atoms with van der Waals surface area (Å²) in [4.78, 5) is 0. The van der Waals surface area contributed by atoms with Crippen molar-refractivity contribution in [2.24, 2.45) is 0 Å². The van der Waals surface area contributed by atoms with Crippen molar-refractivity contribution in [1.29, 1.82) is 0 Å². The topological polar surface area (TPSA) is 20.2 Å². The summed E-state index contributed by atoms with van der Waals surface area (Å²) in [6.45, 7) is 6.85. The van der Waals surface area contributed by atoms with Gasteiger partial charge in [0.25, 0.3) is 0 Å². The number of aliphatic hydroxyl groups is 1. The zero-order chi connectivity index (χ0) is 21.5. The van der Waals surface area contributed by atoms with Crippen LogP contribution in [0.2, 0.25) is 0 Å². The molecular formula is C28H58O. The summed E-state index contributed by atoms with van der Waals surface area (Å²) in [7, 11) is 0. The quantitative estimate of drug-likeness (QED) is 0.157. The summed E-state index contributed by atoms with van der Waals surface area (Å²) >= 11 is 0. The molecule has 0 aromatic rings. The molecule has 1 N–H and O–H groups in total. The summed E-state index contributed by atoms with van der Waals surface area (Å²) < 4.78 is 0. The summed E-state index contributed by atoms with van der Waals surface area (Å²) in [6, 6.07) is 0. The van der Waals surface area contributed by atoms with E-state index in [0.717, 1.165) is 19.3 Å². The van der Waals surface area contributed by atoms with Crippen LogP contribution in [0.25, 0.3) is 0 Å². The van der Waals surface area contributed by atoms with Gasteiger partial charge in [0.1, 0.15) is 0 Å². The number of hydrogen-bond acceptors (Lipinski definition) is 1. The Bertz CT molecular complexity index is 283. The van der Waals surface area contributed by atoms with Crippen molar-refractivity contribution < 1.29 is 5.11 Å². The molecule has 0 saturated heterocycles. The van der Waals surface area contributed by atoms with Crippen LogP contribution in [0.4, 0.5) is 0 Å². The number of unbranched alkanes of at least 4 members (excludes halogenated alkanes) is 18. The predicted octanol–water partition coefficient (Wildman–Crippen LogP) is 10.1. The van der Waals surface area contributed by atoms with Gasteiger partial charge in [-0.1, -0.05) is 156 Å². The zero-order valence-electron chi connectivity index (χ0n) is 20.9. The van der Waals surface area contributed by atoms with Crippen LogP contribution in [0.3, 0.4) is 0 Å². The third-order valence-electron chi connectivity index (χ3n) is 6.74. The highest BCUT2D eigenvalue weighted by Crippen LogP contribution is 2.29. The molecule has 0 aliphatic carbocycles. The largest absolute Gasteiger partial charge is 0.390 e. The standard InChI is InChI=1S/C28H58O/c1-4-7-10-13-16-17-18-21-24-27-28(29,25-22-19-14-11-8-5-2)26-23-20-15-12-9-6-3/h29H,4-27H2,1-3H3. The van der Waals surface area contributed by atoms with Crippen molar-refractivity contribution in [3.05, 3.63) is 0 Å². The van der Waals surface area contributed by atoms with Gasteiger partial charge in [-0.05, 0) is 19.3 Å². The van der Waals surface area contributed by atoms with Crippen molar-refractivity contribution in [2.45, 2.75) is 180 Å². The van der Waals surface area contributed by atoms with Gasteiger partial charge in [0, 0.05) is 0 Å². The first kappa shape index (κ1) is 29.0. The smallest absolute Gasteiger partial charge is 0.0647 e. The van der Waals surface area contributed by atoms with Crippen LogP contribution < -0.4 is 0 Å². The molecule has 0 aliphatic rings. The minimum atomic E-state index is -0.364. The molecule has 29 heavy (non-hydrogen) atoms. The molecule has 0 atom stereocenters. The molecular weight excluding hydrogens is 352 g/mol. The maximum Gasteiger partial charge on any atom is 0.0647 e. The van der Waals surface area contributed by atoms with Crippen LogP contribution >= 0.6 is 0 Å². The predicted molar refractivity (Wildman–Crippen MR) is 133 cm³/mol. The van der Waals surface area contributed by atoms with Crippen LogP contribution in [0.15, 0.2) is 0 Å². The first-order valence-electron chi connectivity index (χ1n) is 13.9. The average molecular weight is 411 g/mol. The molecule has 0 aromatic heterocycles. The van der Waals surface area contributed by atoms with Gasteiger partial charge in [-0.3, -0.25) is 0 Å². The molecule has 0 saturated carbocycles. The highest BCUT2D eigenvalue weighted by atomic mass is 16.3. The molecule has 0 heterocycles. The second kappa shape index (κ2) is 22.6. The van der Waals surface area contributed by atoms with E-state index < -0.39 is 0 Å². The molecule has 1 heteroatoms. The maximum atomic E-state index is 11.3. The molecule has 0 radical (unpaired) electrons. The normalized spacial score (nSPS) is 12.0. The van der Waals surface area contributed by atoms with Crippen LogP contribution in [0.1, 0.15) is 175 Å². The van der Waals surface area contributed by atoms with Gasteiger partial charge in [0.2, 0.25) is 0 Å². The Morgan fingerprint density at radius 2 is 0.552 bits per heavy atom. The maximum absolute atomic E-state index is 11.3. The number of hydrogen-bond donors (Lipinski definition) is 1. The SMILES string of the molecule is CCCCCCCCCCCC(O)(CCCCCCCC)CCCCCCCC. The van der Waals surface area contributed by atoms with Crippen molar-refractivity contribution in [2.75, 3.05) is 0 Å². The van der Waals surface area contributed by atoms with Crippen LogP contribution in [-0.2, 0) is 0 Å². The van der Waals surface area contributed by atoms with Gasteiger partial charge < -0.3 is 5.11 Å². The summed E-state index contributed by atoms with van der Waals surface area (Å²) in [5.41, 5.74) is -0.364. The fourth-order valence-corrected chi connectivity index (χ4v) is 4.61. The summed E-state index contributed by atoms with van der Waals surface area (Å²) in [5.74, 6) is 0. The van der Waals surface area contributed by atoms with E-state index >= 15 is 0 Å². The van der Waals surface area contributed by atoms with Gasteiger partial charge in [0.15, 0.2) is 0 Å². The van der Waals surface area contributed by atoms with Gasteiger partial charge in [0.05, 0.1) is 5.60 Å². The molecule has 0 aliphatic heterocycles. The van der Waals surface area contributed by atoms with E-state index in [1.54, 1.807) is 0 Å². The molecule has 0 fully saturated rings. The molecule has 1 nitrogen and oxygen atoms in total. The van der Waals surface area contributed by atoms with Crippen molar-refractivity contribution in [3.8, 4) is 0 Å². The Kier molecular flexibility index (Phi) is 22.6. The van der Waals surface area contributed by atoms with Crippen molar-refractivity contribution >= 4 is 0 Å². The van der Waals surface area contributed by atoms with E-state index in [0.29, 0.717) is 0 Å². The first-order valence-corrected chi connectivity index (χ1v) is 13.9. The molecule has 0 spiro atoms. The fraction of sp³-hybridized carbons (Fsp3) is 1.00. The minimum absolute atomic E-state index is 0.364. The highest BCUT2D eigenvalue weighted by molar-refractivity contribution is 4.78. The molecule has 0 aromatic carbocycles. The second-order valence-electron chi connectivity index (χ2n) is 9.84. The number of rotatable bonds is 24. The lowest BCUT2D eigenvalue weighted by atomic mass is 9.85. The Hall–Kier alpha value is -0.0400. The molecule has 0 rings (SSSR count). The van der Waals surface area contributed by atoms with E-state index in [1.165, 1.54) is 135 Å². The first-order chi connectivity index (χ1) is 14.2. The van der Waals surface area contributed by atoms with Gasteiger partial charge >= 0.3 is 0 Å². The van der Waals surface area contributed by atoms with E-state index in [9.17, 15) is 5.11 Å². The van der Waals surface area contributed by atoms with E-state index in [2.05, 4.69) is 20.8 Å². The third kappa shape index (κ3) is 21.0. The molecule has 0 amide bonds. The van der Waals surface area contributed by atoms with Gasteiger partial charge in [-0.2, -0.15) is 0 Å². The lowest BCUT2D eigenvalue weighted by Gasteiger charge is -2.29. The average Bonchev–Trinajstić information content (AvgIpc) is 2.72. The second-order valence-corrected chi connectivity index (χ2v) is 9.84. The van der Waals surface area contributed by atoms with Crippen molar-refractivity contribution in [1.82, 2.24) is 0 Å².